The number of carboxylic acid groups (broad SMARTS) is 1. The summed E-state index contributed by atoms with van der Waals surface area (Å²) >= 11 is 0. The Morgan fingerprint density at radius 2 is 1.77 bits per heavy atom. The van der Waals surface area contributed by atoms with Crippen LogP contribution in [0.2, 0.25) is 0 Å². The molecule has 1 heterocycles. The SMILES string of the molecule is CC1=NN(c2ccc(C)c(C)c2)C(=O)C1=NNc1cccc(-c2cccc(OC(=O)O)c2)c1O.O. The number of carbonyl (C=O) groups excluding carboxylic acids is 1. The molecular weight excluding hydrogens is 452 g/mol. The van der Waals surface area contributed by atoms with Crippen LogP contribution in [0.3, 0.4) is 0 Å². The molecule has 10 nitrogen and oxygen atoms in total. The molecule has 0 fully saturated rings. The lowest BCUT2D eigenvalue weighted by Crippen LogP contribution is -2.28. The second-order valence-corrected chi connectivity index (χ2v) is 7.74. The Hall–Kier alpha value is -4.70. The third-order valence-corrected chi connectivity index (χ3v) is 5.40. The predicted octanol–water partition coefficient (Wildman–Crippen LogP) is 4.10. The van der Waals surface area contributed by atoms with Crippen molar-refractivity contribution in [2.45, 2.75) is 20.8 Å². The number of nitrogens with one attached hydrogen (secondary N) is 1. The molecule has 0 atom stereocenters. The van der Waals surface area contributed by atoms with Crippen molar-refractivity contribution in [3.05, 3.63) is 71.8 Å². The lowest BCUT2D eigenvalue weighted by atomic mass is 10.0. The maximum atomic E-state index is 12.9. The van der Waals surface area contributed by atoms with E-state index in [1.807, 2.05) is 32.0 Å². The van der Waals surface area contributed by atoms with Crippen molar-refractivity contribution in [3.63, 3.8) is 0 Å². The van der Waals surface area contributed by atoms with Crippen LogP contribution in [0, 0.1) is 13.8 Å². The number of rotatable bonds is 5. The zero-order valence-electron chi connectivity index (χ0n) is 19.2. The molecule has 0 unspecified atom stereocenters. The van der Waals surface area contributed by atoms with Gasteiger partial charge in [0, 0.05) is 5.56 Å². The monoisotopic (exact) mass is 476 g/mol. The van der Waals surface area contributed by atoms with Gasteiger partial charge in [0.15, 0.2) is 5.71 Å². The van der Waals surface area contributed by atoms with Gasteiger partial charge in [0.05, 0.1) is 17.1 Å². The number of ether oxygens (including phenoxy) is 1. The number of hydrogen-bond donors (Lipinski definition) is 3. The van der Waals surface area contributed by atoms with Crippen molar-refractivity contribution < 1.29 is 30.0 Å². The van der Waals surface area contributed by atoms with Crippen LogP contribution in [0.25, 0.3) is 11.1 Å². The third-order valence-electron chi connectivity index (χ3n) is 5.40. The zero-order valence-corrected chi connectivity index (χ0v) is 19.2. The summed E-state index contributed by atoms with van der Waals surface area (Å²) in [6.45, 7) is 5.64. The number of carbonyl (C=O) groups is 2. The molecular formula is C25H24N4O6. The highest BCUT2D eigenvalue weighted by Gasteiger charge is 2.31. The molecule has 1 amide bonds. The molecule has 0 saturated heterocycles. The number of anilines is 2. The van der Waals surface area contributed by atoms with Crippen LogP contribution in [0.15, 0.2) is 70.9 Å². The van der Waals surface area contributed by atoms with E-state index in [1.165, 1.54) is 17.1 Å². The van der Waals surface area contributed by atoms with E-state index >= 15 is 0 Å². The molecule has 0 aromatic heterocycles. The van der Waals surface area contributed by atoms with E-state index in [9.17, 15) is 14.7 Å². The number of benzene rings is 3. The summed E-state index contributed by atoms with van der Waals surface area (Å²) in [6.07, 6.45) is -1.43. The second kappa shape index (κ2) is 10.1. The fourth-order valence-corrected chi connectivity index (χ4v) is 3.47. The van der Waals surface area contributed by atoms with Gasteiger partial charge in [-0.3, -0.25) is 10.2 Å². The molecule has 0 aliphatic carbocycles. The lowest BCUT2D eigenvalue weighted by molar-refractivity contribution is -0.112. The van der Waals surface area contributed by atoms with Gasteiger partial charge >= 0.3 is 12.1 Å². The minimum Gasteiger partial charge on any atom is -0.505 e. The van der Waals surface area contributed by atoms with Crippen LogP contribution in [0.5, 0.6) is 11.5 Å². The van der Waals surface area contributed by atoms with Gasteiger partial charge in [-0.2, -0.15) is 15.2 Å². The van der Waals surface area contributed by atoms with Gasteiger partial charge in [0.25, 0.3) is 0 Å². The fourth-order valence-electron chi connectivity index (χ4n) is 3.47. The molecule has 4 rings (SSSR count). The number of aromatic hydroxyl groups is 1. The maximum absolute atomic E-state index is 12.9. The molecule has 1 aliphatic heterocycles. The number of phenols is 1. The first-order valence-corrected chi connectivity index (χ1v) is 10.4. The molecule has 5 N–H and O–H groups in total. The molecule has 3 aromatic carbocycles. The quantitative estimate of drug-likeness (QED) is 0.218. The number of amides is 1. The summed E-state index contributed by atoms with van der Waals surface area (Å²) in [6, 6.07) is 16.9. The number of hydrazone groups is 2. The second-order valence-electron chi connectivity index (χ2n) is 7.74. The van der Waals surface area contributed by atoms with E-state index in [4.69, 9.17) is 5.11 Å². The topological polar surface area (TPSA) is 155 Å². The highest BCUT2D eigenvalue weighted by atomic mass is 16.7. The van der Waals surface area contributed by atoms with Crippen molar-refractivity contribution in [1.82, 2.24) is 0 Å². The van der Waals surface area contributed by atoms with E-state index in [0.717, 1.165) is 11.1 Å². The minimum atomic E-state index is -1.43. The number of aryl methyl sites for hydroxylation is 2. The first-order chi connectivity index (χ1) is 16.2. The van der Waals surface area contributed by atoms with Crippen molar-refractivity contribution in [2.75, 3.05) is 10.4 Å². The molecule has 0 spiro atoms. The fraction of sp³-hybridized carbons (Fsp3) is 0.120. The summed E-state index contributed by atoms with van der Waals surface area (Å²) in [5.74, 6) is -0.384. The first kappa shape index (κ1) is 24.9. The van der Waals surface area contributed by atoms with Crippen LogP contribution in [-0.2, 0) is 4.79 Å². The molecule has 0 saturated carbocycles. The van der Waals surface area contributed by atoms with E-state index < -0.39 is 6.16 Å². The smallest absolute Gasteiger partial charge is 0.505 e. The summed E-state index contributed by atoms with van der Waals surface area (Å²) in [7, 11) is 0. The summed E-state index contributed by atoms with van der Waals surface area (Å²) in [4.78, 5) is 23.8. The predicted molar refractivity (Wildman–Crippen MR) is 133 cm³/mol. The van der Waals surface area contributed by atoms with Gasteiger partial charge in [-0.25, -0.2) is 4.79 Å². The Kier molecular flexibility index (Phi) is 7.17. The number of hydrogen-bond acceptors (Lipinski definition) is 7. The number of nitrogens with zero attached hydrogens (tertiary/aromatic N) is 3. The lowest BCUT2D eigenvalue weighted by Gasteiger charge is -2.13. The van der Waals surface area contributed by atoms with Crippen LogP contribution >= 0.6 is 0 Å². The van der Waals surface area contributed by atoms with Gasteiger partial charge in [-0.1, -0.05) is 30.3 Å². The Morgan fingerprint density at radius 3 is 2.49 bits per heavy atom. The zero-order chi connectivity index (χ0) is 24.4. The Balaban J connectivity index is 0.00000342. The average molecular weight is 476 g/mol. The van der Waals surface area contributed by atoms with E-state index in [2.05, 4.69) is 20.4 Å². The van der Waals surface area contributed by atoms with Gasteiger partial charge in [-0.05, 0) is 67.8 Å². The number of phenolic OH excluding ortho intramolecular Hbond substituents is 1. The molecule has 3 aromatic rings. The molecule has 0 radical (unpaired) electrons. The van der Waals surface area contributed by atoms with Gasteiger partial charge in [0.1, 0.15) is 11.5 Å². The minimum absolute atomic E-state index is 0. The third kappa shape index (κ3) is 5.12. The van der Waals surface area contributed by atoms with Crippen LogP contribution in [-0.4, -0.2) is 39.2 Å². The molecule has 0 bridgehead atoms. The van der Waals surface area contributed by atoms with Gasteiger partial charge in [0.2, 0.25) is 0 Å². The van der Waals surface area contributed by atoms with E-state index in [1.54, 1.807) is 37.3 Å². The Bertz CT molecular complexity index is 1370. The number of para-hydroxylation sites is 1. The highest BCUT2D eigenvalue weighted by Crippen LogP contribution is 2.36. The Morgan fingerprint density at radius 1 is 1.03 bits per heavy atom. The molecule has 10 heteroatoms. The van der Waals surface area contributed by atoms with Crippen LogP contribution in [0.4, 0.5) is 16.2 Å². The molecule has 1 aliphatic rings. The van der Waals surface area contributed by atoms with Crippen molar-refractivity contribution in [3.8, 4) is 22.6 Å². The van der Waals surface area contributed by atoms with Crippen molar-refractivity contribution in [2.24, 2.45) is 10.2 Å². The molecule has 35 heavy (non-hydrogen) atoms. The first-order valence-electron chi connectivity index (χ1n) is 10.4. The van der Waals surface area contributed by atoms with Crippen LogP contribution < -0.4 is 15.2 Å². The van der Waals surface area contributed by atoms with Gasteiger partial charge in [-0.15, -0.1) is 0 Å². The maximum Gasteiger partial charge on any atom is 0.511 e. The summed E-state index contributed by atoms with van der Waals surface area (Å²) in [5, 5.41) is 29.5. The van der Waals surface area contributed by atoms with E-state index in [-0.39, 0.29) is 34.3 Å². The van der Waals surface area contributed by atoms with E-state index in [0.29, 0.717) is 22.5 Å². The summed E-state index contributed by atoms with van der Waals surface area (Å²) < 4.78 is 4.69. The van der Waals surface area contributed by atoms with Crippen molar-refractivity contribution in [1.29, 1.82) is 0 Å². The largest absolute Gasteiger partial charge is 0.511 e. The standard InChI is InChI=1S/C25H22N4O5.H2O/c1-14-10-11-18(12-15(14)2)29-24(31)22(16(3)28-29)27-26-21-9-5-8-20(23(21)30)17-6-4-7-19(13-17)34-25(32)33;/h4-13,26,30H,1-3H3,(H,32,33);1H2. The Labute approximate surface area is 201 Å². The van der Waals surface area contributed by atoms with Gasteiger partial charge < -0.3 is 20.4 Å². The average Bonchev–Trinajstić information content (AvgIpc) is 3.08. The summed E-state index contributed by atoms with van der Waals surface area (Å²) in [5.41, 5.74) is 7.35. The van der Waals surface area contributed by atoms with Crippen LogP contribution in [0.1, 0.15) is 18.1 Å². The highest BCUT2D eigenvalue weighted by molar-refractivity contribution is 6.71. The van der Waals surface area contributed by atoms with Crippen molar-refractivity contribution >= 4 is 34.9 Å². The normalized spacial score (nSPS) is 13.9. The molecule has 180 valence electrons.